The van der Waals surface area contributed by atoms with Crippen molar-refractivity contribution in [3.8, 4) is 5.75 Å². The Morgan fingerprint density at radius 2 is 2.20 bits per heavy atom. The lowest BCUT2D eigenvalue weighted by molar-refractivity contribution is -0.122. The van der Waals surface area contributed by atoms with Crippen LogP contribution in [0.25, 0.3) is 0 Å². The average Bonchev–Trinajstić information content (AvgIpc) is 2.69. The zero-order chi connectivity index (χ0) is 13.9. The van der Waals surface area contributed by atoms with Crippen molar-refractivity contribution in [3.63, 3.8) is 0 Å². The molecule has 5 nitrogen and oxygen atoms in total. The maximum Gasteiger partial charge on any atom is 0.265 e. The summed E-state index contributed by atoms with van der Waals surface area (Å²) in [5.74, 6) is 0.651. The van der Waals surface area contributed by atoms with E-state index < -0.39 is 6.10 Å². The van der Waals surface area contributed by atoms with Crippen molar-refractivity contribution in [2.24, 2.45) is 0 Å². The minimum Gasteiger partial charge on any atom is -0.479 e. The molecular formula is C15H21N3O2. The highest BCUT2D eigenvalue weighted by atomic mass is 16.5. The molecule has 0 spiro atoms. The Hall–Kier alpha value is -1.75. The third-order valence-electron chi connectivity index (χ3n) is 3.86. The normalized spacial score (nSPS) is 25.9. The van der Waals surface area contributed by atoms with Crippen molar-refractivity contribution >= 4 is 17.3 Å². The standard InChI is InChI=1S/C15H21N3O2/c1-10-15(19)18-13-9-12(4-5-14(13)20-10)17-11-3-2-7-16-8-6-11/h4-5,9-11,16-17H,2-3,6-8H2,1H3,(H,18,19). The van der Waals surface area contributed by atoms with Gasteiger partial charge in [-0.05, 0) is 57.5 Å². The summed E-state index contributed by atoms with van der Waals surface area (Å²) in [4.78, 5) is 11.6. The molecule has 3 rings (SSSR count). The van der Waals surface area contributed by atoms with Gasteiger partial charge < -0.3 is 20.7 Å². The molecular weight excluding hydrogens is 254 g/mol. The average molecular weight is 275 g/mol. The maximum absolute atomic E-state index is 11.6. The summed E-state index contributed by atoms with van der Waals surface area (Å²) in [6, 6.07) is 6.38. The lowest BCUT2D eigenvalue weighted by Crippen LogP contribution is -2.34. The van der Waals surface area contributed by atoms with E-state index in [1.54, 1.807) is 6.92 Å². The number of carbonyl (C=O) groups excluding carboxylic acids is 1. The second-order valence-electron chi connectivity index (χ2n) is 5.48. The van der Waals surface area contributed by atoms with E-state index >= 15 is 0 Å². The molecule has 0 aliphatic carbocycles. The summed E-state index contributed by atoms with van der Waals surface area (Å²) in [5, 5.41) is 9.84. The van der Waals surface area contributed by atoms with Crippen LogP contribution < -0.4 is 20.7 Å². The molecule has 2 heterocycles. The lowest BCUT2D eigenvalue weighted by Gasteiger charge is -2.25. The minimum atomic E-state index is -0.422. The Morgan fingerprint density at radius 3 is 3.10 bits per heavy atom. The number of carbonyl (C=O) groups is 1. The third-order valence-corrected chi connectivity index (χ3v) is 3.86. The smallest absolute Gasteiger partial charge is 0.265 e. The molecule has 2 aliphatic heterocycles. The first-order chi connectivity index (χ1) is 9.72. The molecule has 1 saturated heterocycles. The summed E-state index contributed by atoms with van der Waals surface area (Å²) in [5.41, 5.74) is 1.79. The van der Waals surface area contributed by atoms with Crippen molar-refractivity contribution in [3.05, 3.63) is 18.2 Å². The van der Waals surface area contributed by atoms with Crippen LogP contribution in [-0.2, 0) is 4.79 Å². The molecule has 1 amide bonds. The fourth-order valence-electron chi connectivity index (χ4n) is 2.70. The van der Waals surface area contributed by atoms with Crippen LogP contribution in [0, 0.1) is 0 Å². The monoisotopic (exact) mass is 275 g/mol. The van der Waals surface area contributed by atoms with Gasteiger partial charge in [-0.25, -0.2) is 0 Å². The SMILES string of the molecule is CC1Oc2ccc(NC3CCCNCC3)cc2NC1=O. The topological polar surface area (TPSA) is 62.4 Å². The summed E-state index contributed by atoms with van der Waals surface area (Å²) >= 11 is 0. The number of fused-ring (bicyclic) bond motifs is 1. The van der Waals surface area contributed by atoms with E-state index in [9.17, 15) is 4.79 Å². The Bertz CT molecular complexity index is 496. The second kappa shape index (κ2) is 5.71. The molecule has 5 heteroatoms. The first kappa shape index (κ1) is 13.2. The van der Waals surface area contributed by atoms with Gasteiger partial charge in [-0.15, -0.1) is 0 Å². The van der Waals surface area contributed by atoms with E-state index in [0.29, 0.717) is 6.04 Å². The first-order valence-electron chi connectivity index (χ1n) is 7.31. The van der Waals surface area contributed by atoms with Crippen LogP contribution >= 0.6 is 0 Å². The summed E-state index contributed by atoms with van der Waals surface area (Å²) in [6.07, 6.45) is 3.07. The van der Waals surface area contributed by atoms with Crippen molar-refractivity contribution < 1.29 is 9.53 Å². The zero-order valence-corrected chi connectivity index (χ0v) is 11.7. The van der Waals surface area contributed by atoms with Crippen molar-refractivity contribution in [2.45, 2.75) is 38.3 Å². The van der Waals surface area contributed by atoms with Crippen LogP contribution in [0.15, 0.2) is 18.2 Å². The zero-order valence-electron chi connectivity index (χ0n) is 11.7. The highest BCUT2D eigenvalue weighted by Crippen LogP contribution is 2.32. The van der Waals surface area contributed by atoms with Crippen molar-refractivity contribution in [1.82, 2.24) is 5.32 Å². The van der Waals surface area contributed by atoms with Gasteiger partial charge in [-0.3, -0.25) is 4.79 Å². The molecule has 0 aromatic heterocycles. The maximum atomic E-state index is 11.6. The van der Waals surface area contributed by atoms with E-state index in [1.807, 2.05) is 18.2 Å². The third kappa shape index (κ3) is 2.88. The second-order valence-corrected chi connectivity index (χ2v) is 5.48. The van der Waals surface area contributed by atoms with E-state index in [-0.39, 0.29) is 5.91 Å². The largest absolute Gasteiger partial charge is 0.479 e. The predicted molar refractivity (Wildman–Crippen MR) is 79.3 cm³/mol. The number of hydrogen-bond donors (Lipinski definition) is 3. The quantitative estimate of drug-likeness (QED) is 0.772. The van der Waals surface area contributed by atoms with Gasteiger partial charge in [0.15, 0.2) is 6.10 Å². The summed E-state index contributed by atoms with van der Waals surface area (Å²) < 4.78 is 5.56. The van der Waals surface area contributed by atoms with Crippen LogP contribution in [0.4, 0.5) is 11.4 Å². The van der Waals surface area contributed by atoms with Gasteiger partial charge in [-0.2, -0.15) is 0 Å². The summed E-state index contributed by atoms with van der Waals surface area (Å²) in [7, 11) is 0. The Kier molecular flexibility index (Phi) is 3.78. The van der Waals surface area contributed by atoms with E-state index in [2.05, 4.69) is 16.0 Å². The van der Waals surface area contributed by atoms with Crippen LogP contribution in [0.3, 0.4) is 0 Å². The number of nitrogens with one attached hydrogen (secondary N) is 3. The molecule has 2 atom stereocenters. The lowest BCUT2D eigenvalue weighted by atomic mass is 10.1. The highest BCUT2D eigenvalue weighted by Gasteiger charge is 2.23. The predicted octanol–water partition coefficient (Wildman–Crippen LogP) is 1.96. The van der Waals surface area contributed by atoms with E-state index in [4.69, 9.17) is 4.74 Å². The van der Waals surface area contributed by atoms with Crippen LogP contribution in [0.2, 0.25) is 0 Å². The number of amides is 1. The van der Waals surface area contributed by atoms with Crippen LogP contribution in [0.5, 0.6) is 5.75 Å². The van der Waals surface area contributed by atoms with Crippen molar-refractivity contribution in [2.75, 3.05) is 23.7 Å². The fourth-order valence-corrected chi connectivity index (χ4v) is 2.70. The molecule has 0 bridgehead atoms. The van der Waals surface area contributed by atoms with Gasteiger partial charge in [0.2, 0.25) is 0 Å². The number of benzene rings is 1. The van der Waals surface area contributed by atoms with Gasteiger partial charge in [0, 0.05) is 11.7 Å². The molecule has 0 radical (unpaired) electrons. The Balaban J connectivity index is 1.72. The Labute approximate surface area is 119 Å². The van der Waals surface area contributed by atoms with Gasteiger partial charge in [-0.1, -0.05) is 0 Å². The molecule has 1 fully saturated rings. The number of anilines is 2. The van der Waals surface area contributed by atoms with Crippen LogP contribution in [0.1, 0.15) is 26.2 Å². The van der Waals surface area contributed by atoms with Gasteiger partial charge in [0.25, 0.3) is 5.91 Å². The van der Waals surface area contributed by atoms with E-state index in [1.165, 1.54) is 12.8 Å². The number of ether oxygens (including phenoxy) is 1. The van der Waals surface area contributed by atoms with Gasteiger partial charge >= 0.3 is 0 Å². The molecule has 1 aromatic carbocycles. The van der Waals surface area contributed by atoms with Gasteiger partial charge in [0.05, 0.1) is 5.69 Å². The molecule has 20 heavy (non-hydrogen) atoms. The number of rotatable bonds is 2. The first-order valence-corrected chi connectivity index (χ1v) is 7.31. The molecule has 2 aliphatic rings. The fraction of sp³-hybridized carbons (Fsp3) is 0.533. The minimum absolute atomic E-state index is 0.0895. The number of hydrogen-bond acceptors (Lipinski definition) is 4. The van der Waals surface area contributed by atoms with Crippen LogP contribution in [-0.4, -0.2) is 31.1 Å². The molecule has 108 valence electrons. The van der Waals surface area contributed by atoms with E-state index in [0.717, 1.165) is 36.6 Å². The molecule has 1 aromatic rings. The Morgan fingerprint density at radius 1 is 1.30 bits per heavy atom. The molecule has 0 saturated carbocycles. The highest BCUT2D eigenvalue weighted by molar-refractivity contribution is 5.98. The van der Waals surface area contributed by atoms with Gasteiger partial charge in [0.1, 0.15) is 5.75 Å². The summed E-state index contributed by atoms with van der Waals surface area (Å²) in [6.45, 7) is 3.91. The molecule has 3 N–H and O–H groups in total. The van der Waals surface area contributed by atoms with Crippen molar-refractivity contribution in [1.29, 1.82) is 0 Å². The molecule has 2 unspecified atom stereocenters.